The fraction of sp³-hybridized carbons (Fsp3) is 0.133. The lowest BCUT2D eigenvalue weighted by atomic mass is 9.98. The van der Waals surface area contributed by atoms with Crippen molar-refractivity contribution in [1.82, 2.24) is 5.32 Å². The van der Waals surface area contributed by atoms with Crippen LogP contribution in [0.2, 0.25) is 0 Å². The number of benzene rings is 2. The molecule has 0 fully saturated rings. The number of nitrogens with one attached hydrogen (secondary N) is 1. The molecule has 2 aromatic rings. The lowest BCUT2D eigenvalue weighted by Crippen LogP contribution is -2.18. The zero-order valence-electron chi connectivity index (χ0n) is 10.7. The molecule has 0 spiro atoms. The minimum Gasteiger partial charge on any atom is -0.497 e. The molecular formula is C15H14FNO2. The van der Waals surface area contributed by atoms with Gasteiger partial charge in [0.15, 0.2) is 0 Å². The first-order valence-corrected chi connectivity index (χ1v) is 5.81. The third kappa shape index (κ3) is 2.73. The van der Waals surface area contributed by atoms with Crippen molar-refractivity contribution in [2.45, 2.75) is 0 Å². The van der Waals surface area contributed by atoms with E-state index in [2.05, 4.69) is 5.32 Å². The first-order chi connectivity index (χ1) is 9.15. The molecule has 0 radical (unpaired) electrons. The molecule has 4 heteroatoms. The SMILES string of the molecule is CNC(=O)c1ccc(OC)cc1-c1ccc(F)cc1. The molecule has 0 aromatic heterocycles. The first-order valence-electron chi connectivity index (χ1n) is 5.81. The Balaban J connectivity index is 2.57. The van der Waals surface area contributed by atoms with Gasteiger partial charge in [-0.2, -0.15) is 0 Å². The monoisotopic (exact) mass is 259 g/mol. The first kappa shape index (κ1) is 13.1. The summed E-state index contributed by atoms with van der Waals surface area (Å²) in [7, 11) is 3.13. The van der Waals surface area contributed by atoms with Crippen molar-refractivity contribution < 1.29 is 13.9 Å². The molecule has 3 nitrogen and oxygen atoms in total. The Morgan fingerprint density at radius 3 is 2.42 bits per heavy atom. The predicted molar refractivity (Wildman–Crippen MR) is 71.8 cm³/mol. The largest absolute Gasteiger partial charge is 0.497 e. The predicted octanol–water partition coefficient (Wildman–Crippen LogP) is 2.86. The summed E-state index contributed by atoms with van der Waals surface area (Å²) >= 11 is 0. The third-order valence-corrected chi connectivity index (χ3v) is 2.85. The standard InChI is InChI=1S/C15H14FNO2/c1-17-15(18)13-8-7-12(19-2)9-14(13)10-3-5-11(16)6-4-10/h3-9H,1-2H3,(H,17,18). The number of methoxy groups -OCH3 is 1. The Hall–Kier alpha value is -2.36. The highest BCUT2D eigenvalue weighted by atomic mass is 19.1. The van der Waals surface area contributed by atoms with Crippen molar-refractivity contribution in [3.8, 4) is 16.9 Å². The molecule has 0 heterocycles. The van der Waals surface area contributed by atoms with Crippen LogP contribution in [0.25, 0.3) is 11.1 Å². The Labute approximate surface area is 111 Å². The fourth-order valence-corrected chi connectivity index (χ4v) is 1.85. The Morgan fingerprint density at radius 1 is 1.16 bits per heavy atom. The lowest BCUT2D eigenvalue weighted by Gasteiger charge is -2.10. The second kappa shape index (κ2) is 5.52. The normalized spacial score (nSPS) is 10.1. The van der Waals surface area contributed by atoms with E-state index in [0.717, 1.165) is 5.56 Å². The summed E-state index contributed by atoms with van der Waals surface area (Å²) in [5.41, 5.74) is 1.99. The molecule has 0 saturated carbocycles. The number of amides is 1. The van der Waals surface area contributed by atoms with E-state index in [-0.39, 0.29) is 11.7 Å². The van der Waals surface area contributed by atoms with Gasteiger partial charge in [0.2, 0.25) is 0 Å². The highest BCUT2D eigenvalue weighted by Gasteiger charge is 2.12. The molecule has 98 valence electrons. The molecule has 0 atom stereocenters. The summed E-state index contributed by atoms with van der Waals surface area (Å²) in [6, 6.07) is 11.2. The molecule has 0 unspecified atom stereocenters. The molecule has 0 bridgehead atoms. The van der Waals surface area contributed by atoms with Crippen LogP contribution < -0.4 is 10.1 Å². The van der Waals surface area contributed by atoms with Crippen LogP contribution in [0.3, 0.4) is 0 Å². The maximum absolute atomic E-state index is 13.0. The van der Waals surface area contributed by atoms with Gasteiger partial charge in [0, 0.05) is 12.6 Å². The van der Waals surface area contributed by atoms with Gasteiger partial charge in [-0.05, 0) is 41.5 Å². The number of rotatable bonds is 3. The van der Waals surface area contributed by atoms with Crippen LogP contribution in [-0.2, 0) is 0 Å². The van der Waals surface area contributed by atoms with E-state index < -0.39 is 0 Å². The van der Waals surface area contributed by atoms with E-state index in [1.165, 1.54) is 12.1 Å². The zero-order chi connectivity index (χ0) is 13.8. The van der Waals surface area contributed by atoms with E-state index in [1.54, 1.807) is 44.5 Å². The summed E-state index contributed by atoms with van der Waals surface area (Å²) in [4.78, 5) is 11.8. The average Bonchev–Trinajstić information content (AvgIpc) is 2.46. The molecular weight excluding hydrogens is 245 g/mol. The average molecular weight is 259 g/mol. The van der Waals surface area contributed by atoms with Crippen LogP contribution in [0.1, 0.15) is 10.4 Å². The van der Waals surface area contributed by atoms with Crippen molar-refractivity contribution in [3.05, 3.63) is 53.8 Å². The van der Waals surface area contributed by atoms with E-state index in [1.807, 2.05) is 0 Å². The van der Waals surface area contributed by atoms with Crippen LogP contribution in [0, 0.1) is 5.82 Å². The highest BCUT2D eigenvalue weighted by Crippen LogP contribution is 2.28. The van der Waals surface area contributed by atoms with E-state index in [9.17, 15) is 9.18 Å². The van der Waals surface area contributed by atoms with Gasteiger partial charge in [-0.3, -0.25) is 4.79 Å². The summed E-state index contributed by atoms with van der Waals surface area (Å²) < 4.78 is 18.1. The number of hydrogen-bond donors (Lipinski definition) is 1. The summed E-state index contributed by atoms with van der Waals surface area (Å²) in [5, 5.41) is 2.59. The molecule has 0 aliphatic heterocycles. The number of hydrogen-bond acceptors (Lipinski definition) is 2. The molecule has 2 aromatic carbocycles. The molecule has 0 aliphatic carbocycles. The van der Waals surface area contributed by atoms with E-state index in [4.69, 9.17) is 4.74 Å². The van der Waals surface area contributed by atoms with Crippen LogP contribution >= 0.6 is 0 Å². The highest BCUT2D eigenvalue weighted by molar-refractivity contribution is 6.01. The van der Waals surface area contributed by atoms with Crippen LogP contribution in [0.4, 0.5) is 4.39 Å². The smallest absolute Gasteiger partial charge is 0.251 e. The van der Waals surface area contributed by atoms with Gasteiger partial charge in [-0.15, -0.1) is 0 Å². The maximum Gasteiger partial charge on any atom is 0.251 e. The Morgan fingerprint density at radius 2 is 1.84 bits per heavy atom. The van der Waals surface area contributed by atoms with Crippen molar-refractivity contribution in [2.24, 2.45) is 0 Å². The molecule has 0 aliphatic rings. The fourth-order valence-electron chi connectivity index (χ4n) is 1.85. The molecule has 0 saturated heterocycles. The second-order valence-electron chi connectivity index (χ2n) is 4.00. The number of ether oxygens (including phenoxy) is 1. The maximum atomic E-state index is 13.0. The minimum absolute atomic E-state index is 0.193. The van der Waals surface area contributed by atoms with Gasteiger partial charge in [0.25, 0.3) is 5.91 Å². The van der Waals surface area contributed by atoms with E-state index in [0.29, 0.717) is 16.9 Å². The van der Waals surface area contributed by atoms with Crippen molar-refractivity contribution >= 4 is 5.91 Å². The molecule has 2 rings (SSSR count). The van der Waals surface area contributed by atoms with E-state index >= 15 is 0 Å². The minimum atomic E-state index is -0.312. The number of halogens is 1. The van der Waals surface area contributed by atoms with Crippen LogP contribution in [0.5, 0.6) is 5.75 Å². The molecule has 1 N–H and O–H groups in total. The third-order valence-electron chi connectivity index (χ3n) is 2.85. The van der Waals surface area contributed by atoms with Gasteiger partial charge >= 0.3 is 0 Å². The van der Waals surface area contributed by atoms with Gasteiger partial charge < -0.3 is 10.1 Å². The summed E-state index contributed by atoms with van der Waals surface area (Å²) in [5.74, 6) is 0.141. The Kier molecular flexibility index (Phi) is 3.80. The molecule has 1 amide bonds. The molecule has 19 heavy (non-hydrogen) atoms. The van der Waals surface area contributed by atoms with Gasteiger partial charge in [-0.1, -0.05) is 12.1 Å². The van der Waals surface area contributed by atoms with Crippen molar-refractivity contribution in [2.75, 3.05) is 14.2 Å². The lowest BCUT2D eigenvalue weighted by molar-refractivity contribution is 0.0963. The van der Waals surface area contributed by atoms with Gasteiger partial charge in [0.05, 0.1) is 7.11 Å². The zero-order valence-corrected chi connectivity index (χ0v) is 10.7. The van der Waals surface area contributed by atoms with Crippen LogP contribution in [0.15, 0.2) is 42.5 Å². The summed E-state index contributed by atoms with van der Waals surface area (Å²) in [6.45, 7) is 0. The second-order valence-corrected chi connectivity index (χ2v) is 4.00. The van der Waals surface area contributed by atoms with Crippen molar-refractivity contribution in [3.63, 3.8) is 0 Å². The quantitative estimate of drug-likeness (QED) is 0.920. The van der Waals surface area contributed by atoms with Crippen molar-refractivity contribution in [1.29, 1.82) is 0 Å². The summed E-state index contributed by atoms with van der Waals surface area (Å²) in [6.07, 6.45) is 0. The van der Waals surface area contributed by atoms with Gasteiger partial charge in [-0.25, -0.2) is 4.39 Å². The van der Waals surface area contributed by atoms with Crippen LogP contribution in [-0.4, -0.2) is 20.1 Å². The number of carbonyl (C=O) groups excluding carboxylic acids is 1. The van der Waals surface area contributed by atoms with Gasteiger partial charge in [0.1, 0.15) is 11.6 Å². The Bertz CT molecular complexity index is 594. The number of carbonyl (C=O) groups is 1. The topological polar surface area (TPSA) is 38.3 Å².